The Morgan fingerprint density at radius 2 is 1.78 bits per heavy atom. The van der Waals surface area contributed by atoms with Crippen molar-refractivity contribution in [3.05, 3.63) is 65.2 Å². The second-order valence-electron chi connectivity index (χ2n) is 8.41. The molecule has 0 radical (unpaired) electrons. The molecule has 7 heteroatoms. The van der Waals surface area contributed by atoms with Gasteiger partial charge in [-0.05, 0) is 43.4 Å². The van der Waals surface area contributed by atoms with Gasteiger partial charge in [0.1, 0.15) is 0 Å². The molecule has 1 fully saturated rings. The fourth-order valence-corrected chi connectivity index (χ4v) is 5.35. The van der Waals surface area contributed by atoms with Gasteiger partial charge in [-0.2, -0.15) is 0 Å². The van der Waals surface area contributed by atoms with Crippen LogP contribution in [-0.4, -0.2) is 32.5 Å². The van der Waals surface area contributed by atoms with Gasteiger partial charge in [0.15, 0.2) is 11.0 Å². The van der Waals surface area contributed by atoms with E-state index in [0.29, 0.717) is 17.6 Å². The lowest BCUT2D eigenvalue weighted by Gasteiger charge is -2.19. The van der Waals surface area contributed by atoms with Crippen LogP contribution in [0.2, 0.25) is 5.02 Å². The third-order valence-electron chi connectivity index (χ3n) is 6.07. The smallest absolute Gasteiger partial charge is 0.233 e. The summed E-state index contributed by atoms with van der Waals surface area (Å²) < 4.78 is 2.20. The number of hydrogen-bond donors (Lipinski definition) is 1. The van der Waals surface area contributed by atoms with Crippen LogP contribution in [0.3, 0.4) is 0 Å². The van der Waals surface area contributed by atoms with Gasteiger partial charge in [-0.25, -0.2) is 0 Å². The third kappa shape index (κ3) is 5.18. The first-order valence-electron chi connectivity index (χ1n) is 11.2. The molecule has 4 rings (SSSR count). The lowest BCUT2D eigenvalue weighted by molar-refractivity contribution is -0.120. The molecule has 0 spiro atoms. The summed E-state index contributed by atoms with van der Waals surface area (Å²) in [5, 5.41) is 13.2. The molecule has 32 heavy (non-hydrogen) atoms. The van der Waals surface area contributed by atoms with Crippen LogP contribution < -0.4 is 5.32 Å². The average Bonchev–Trinajstić information content (AvgIpc) is 3.48. The second-order valence-corrected chi connectivity index (χ2v) is 10.1. The van der Waals surface area contributed by atoms with Crippen LogP contribution in [0.15, 0.2) is 59.8 Å². The fraction of sp³-hybridized carbons (Fsp3) is 0.400. The highest BCUT2D eigenvalue weighted by molar-refractivity contribution is 8.00. The maximum absolute atomic E-state index is 12.8. The van der Waals surface area contributed by atoms with Crippen LogP contribution in [0.25, 0.3) is 11.4 Å². The first-order valence-corrected chi connectivity index (χ1v) is 12.5. The van der Waals surface area contributed by atoms with Gasteiger partial charge in [0.05, 0.1) is 10.3 Å². The van der Waals surface area contributed by atoms with Crippen molar-refractivity contribution in [2.24, 2.45) is 0 Å². The molecular weight excluding hydrogens is 440 g/mol. The normalized spacial score (nSPS) is 16.1. The molecule has 1 saturated carbocycles. The van der Waals surface area contributed by atoms with Crippen LogP contribution >= 0.6 is 23.4 Å². The number of carbonyl (C=O) groups excluding carboxylic acids is 1. The summed E-state index contributed by atoms with van der Waals surface area (Å²) in [6.07, 6.45) is 4.58. The van der Waals surface area contributed by atoms with Crippen molar-refractivity contribution in [3.63, 3.8) is 0 Å². The summed E-state index contributed by atoms with van der Waals surface area (Å²) in [4.78, 5) is 12.8. The van der Waals surface area contributed by atoms with Crippen LogP contribution in [0.4, 0.5) is 0 Å². The van der Waals surface area contributed by atoms with E-state index in [1.54, 1.807) is 0 Å². The largest absolute Gasteiger partial charge is 0.355 e. The Hall–Kier alpha value is -2.31. The fourth-order valence-electron chi connectivity index (χ4n) is 4.18. The lowest BCUT2D eigenvalue weighted by atomic mass is 10.0. The number of aromatic nitrogens is 3. The van der Waals surface area contributed by atoms with Gasteiger partial charge in [0.2, 0.25) is 5.91 Å². The highest BCUT2D eigenvalue weighted by Crippen LogP contribution is 2.39. The van der Waals surface area contributed by atoms with Crippen LogP contribution in [-0.2, 0) is 4.79 Å². The number of rotatable bonds is 8. The molecule has 5 nitrogen and oxygen atoms in total. The molecule has 0 saturated heterocycles. The van der Waals surface area contributed by atoms with E-state index in [1.807, 2.05) is 49.4 Å². The Morgan fingerprint density at radius 1 is 1.09 bits per heavy atom. The first kappa shape index (κ1) is 22.9. The molecular formula is C25H29ClN4OS. The van der Waals surface area contributed by atoms with E-state index in [1.165, 1.54) is 30.2 Å². The molecule has 1 aromatic heterocycles. The van der Waals surface area contributed by atoms with E-state index in [2.05, 4.69) is 39.1 Å². The van der Waals surface area contributed by atoms with Gasteiger partial charge < -0.3 is 5.32 Å². The van der Waals surface area contributed by atoms with Crippen molar-refractivity contribution < 1.29 is 4.79 Å². The van der Waals surface area contributed by atoms with E-state index in [0.717, 1.165) is 29.4 Å². The van der Waals surface area contributed by atoms with Gasteiger partial charge in [-0.1, -0.05) is 85.6 Å². The van der Waals surface area contributed by atoms with Crippen molar-refractivity contribution in [3.8, 4) is 11.4 Å². The summed E-state index contributed by atoms with van der Waals surface area (Å²) in [7, 11) is 0. The SMILES string of the molecule is CC(Sc1nnc(-c2ccccc2Cl)n1C1CCCC1)C(=O)NCC(C)c1ccccc1. The Morgan fingerprint density at radius 3 is 2.50 bits per heavy atom. The average molecular weight is 469 g/mol. The van der Waals surface area contributed by atoms with E-state index in [4.69, 9.17) is 11.6 Å². The molecule has 2 aromatic carbocycles. The zero-order chi connectivity index (χ0) is 22.5. The van der Waals surface area contributed by atoms with Gasteiger partial charge in [0, 0.05) is 18.2 Å². The van der Waals surface area contributed by atoms with Crippen molar-refractivity contribution in [2.45, 2.75) is 61.9 Å². The van der Waals surface area contributed by atoms with Crippen molar-refractivity contribution in [2.75, 3.05) is 6.54 Å². The number of halogens is 1. The quantitative estimate of drug-likeness (QED) is 0.405. The van der Waals surface area contributed by atoms with Crippen LogP contribution in [0, 0.1) is 0 Å². The predicted molar refractivity (Wildman–Crippen MR) is 131 cm³/mol. The molecule has 1 aliphatic carbocycles. The predicted octanol–water partition coefficient (Wildman–Crippen LogP) is 6.11. The van der Waals surface area contributed by atoms with Crippen LogP contribution in [0.5, 0.6) is 0 Å². The Labute approximate surface area is 199 Å². The van der Waals surface area contributed by atoms with Crippen molar-refractivity contribution in [1.29, 1.82) is 0 Å². The second kappa shape index (κ2) is 10.5. The Kier molecular flexibility index (Phi) is 7.53. The standard InChI is InChI=1S/C25H29ClN4OS/c1-17(19-10-4-3-5-11-19)16-27-24(31)18(2)32-25-29-28-23(21-14-8-9-15-22(21)26)30(25)20-12-6-7-13-20/h3-5,8-11,14-15,17-18,20H,6-7,12-13,16H2,1-2H3,(H,27,31). The maximum atomic E-state index is 12.8. The number of nitrogens with one attached hydrogen (secondary N) is 1. The summed E-state index contributed by atoms with van der Waals surface area (Å²) >= 11 is 7.94. The molecule has 2 atom stereocenters. The molecule has 0 aliphatic heterocycles. The molecule has 1 heterocycles. The highest BCUT2D eigenvalue weighted by atomic mass is 35.5. The van der Waals surface area contributed by atoms with Gasteiger partial charge >= 0.3 is 0 Å². The Bertz CT molecular complexity index is 1050. The minimum Gasteiger partial charge on any atom is -0.355 e. The summed E-state index contributed by atoms with van der Waals surface area (Å²) in [6, 6.07) is 18.3. The topological polar surface area (TPSA) is 59.8 Å². The maximum Gasteiger partial charge on any atom is 0.233 e. The summed E-state index contributed by atoms with van der Waals surface area (Å²) in [5.74, 6) is 1.06. The van der Waals surface area contributed by atoms with Gasteiger partial charge in [-0.3, -0.25) is 9.36 Å². The van der Waals surface area contributed by atoms with E-state index < -0.39 is 0 Å². The monoisotopic (exact) mass is 468 g/mol. The molecule has 1 aliphatic rings. The number of carbonyl (C=O) groups is 1. The molecule has 1 amide bonds. The van der Waals surface area contributed by atoms with Crippen molar-refractivity contribution >= 4 is 29.3 Å². The van der Waals surface area contributed by atoms with E-state index >= 15 is 0 Å². The number of amides is 1. The Balaban J connectivity index is 1.48. The van der Waals surface area contributed by atoms with Crippen LogP contribution in [0.1, 0.15) is 57.1 Å². The zero-order valence-corrected chi connectivity index (χ0v) is 20.1. The molecule has 2 unspecified atom stereocenters. The zero-order valence-electron chi connectivity index (χ0n) is 18.5. The number of thioether (sulfide) groups is 1. The minimum absolute atomic E-state index is 0.0121. The van der Waals surface area contributed by atoms with Gasteiger partial charge in [-0.15, -0.1) is 10.2 Å². The van der Waals surface area contributed by atoms with Crippen molar-refractivity contribution in [1.82, 2.24) is 20.1 Å². The summed E-state index contributed by atoms with van der Waals surface area (Å²) in [6.45, 7) is 4.66. The van der Waals surface area contributed by atoms with E-state index in [9.17, 15) is 4.79 Å². The van der Waals surface area contributed by atoms with E-state index in [-0.39, 0.29) is 17.1 Å². The lowest BCUT2D eigenvalue weighted by Crippen LogP contribution is -2.33. The molecule has 168 valence electrons. The third-order valence-corrected chi connectivity index (χ3v) is 7.46. The molecule has 1 N–H and O–H groups in total. The number of benzene rings is 2. The van der Waals surface area contributed by atoms with Gasteiger partial charge in [0.25, 0.3) is 0 Å². The number of hydrogen-bond acceptors (Lipinski definition) is 4. The molecule has 3 aromatic rings. The minimum atomic E-state index is -0.276. The highest BCUT2D eigenvalue weighted by Gasteiger charge is 2.28. The molecule has 0 bridgehead atoms. The summed E-state index contributed by atoms with van der Waals surface area (Å²) in [5.41, 5.74) is 2.10. The first-order chi connectivity index (χ1) is 15.5. The number of nitrogens with zero attached hydrogens (tertiary/aromatic N) is 3.